The van der Waals surface area contributed by atoms with Crippen molar-refractivity contribution in [1.82, 2.24) is 9.55 Å². The van der Waals surface area contributed by atoms with Gasteiger partial charge in [0.25, 0.3) is 5.56 Å². The number of rotatable bonds is 3. The molecule has 0 radical (unpaired) electrons. The number of nitrogens with zero attached hydrogens (tertiary/aromatic N) is 3. The molecule has 0 spiro atoms. The predicted molar refractivity (Wildman–Crippen MR) is 71.0 cm³/mol. The fraction of sp³-hybridized carbons (Fsp3) is 0.143. The SMILES string of the molecule is CC(C(=O)O)n1c(-c2ccccn2)ccc(C#N)c1=O. The van der Waals surface area contributed by atoms with E-state index in [1.54, 1.807) is 30.5 Å². The summed E-state index contributed by atoms with van der Waals surface area (Å²) in [6.45, 7) is 1.39. The Bertz CT molecular complexity index is 744. The van der Waals surface area contributed by atoms with E-state index in [0.717, 1.165) is 4.57 Å². The average molecular weight is 269 g/mol. The Hall–Kier alpha value is -2.94. The first-order chi connectivity index (χ1) is 9.56. The number of pyridine rings is 2. The van der Waals surface area contributed by atoms with E-state index in [9.17, 15) is 9.59 Å². The number of hydrogen-bond donors (Lipinski definition) is 1. The van der Waals surface area contributed by atoms with Crippen molar-refractivity contribution >= 4 is 5.97 Å². The van der Waals surface area contributed by atoms with E-state index in [4.69, 9.17) is 10.4 Å². The highest BCUT2D eigenvalue weighted by Crippen LogP contribution is 2.19. The third-order valence-electron chi connectivity index (χ3n) is 2.91. The molecule has 0 aromatic carbocycles. The molecule has 1 unspecified atom stereocenters. The van der Waals surface area contributed by atoms with Crippen molar-refractivity contribution in [3.8, 4) is 17.5 Å². The summed E-state index contributed by atoms with van der Waals surface area (Å²) in [5.74, 6) is -1.15. The molecule has 20 heavy (non-hydrogen) atoms. The van der Waals surface area contributed by atoms with E-state index >= 15 is 0 Å². The topological polar surface area (TPSA) is 96.0 Å². The summed E-state index contributed by atoms with van der Waals surface area (Å²) in [5.41, 5.74) is 0.107. The van der Waals surface area contributed by atoms with Crippen LogP contribution in [-0.2, 0) is 4.79 Å². The first-order valence-corrected chi connectivity index (χ1v) is 5.86. The van der Waals surface area contributed by atoms with E-state index in [-0.39, 0.29) is 5.56 Å². The zero-order valence-corrected chi connectivity index (χ0v) is 10.6. The number of aromatic nitrogens is 2. The molecule has 1 atom stereocenters. The van der Waals surface area contributed by atoms with Crippen LogP contribution in [0.3, 0.4) is 0 Å². The molecule has 2 heterocycles. The molecule has 0 aliphatic heterocycles. The van der Waals surface area contributed by atoms with Crippen LogP contribution < -0.4 is 5.56 Å². The molecule has 0 saturated carbocycles. The van der Waals surface area contributed by atoms with E-state index in [1.807, 2.05) is 0 Å². The van der Waals surface area contributed by atoms with E-state index in [2.05, 4.69) is 4.98 Å². The van der Waals surface area contributed by atoms with Gasteiger partial charge in [-0.2, -0.15) is 5.26 Å². The molecule has 0 amide bonds. The fourth-order valence-electron chi connectivity index (χ4n) is 1.86. The molecule has 0 aliphatic carbocycles. The van der Waals surface area contributed by atoms with Crippen LogP contribution in [0.2, 0.25) is 0 Å². The number of nitriles is 1. The highest BCUT2D eigenvalue weighted by molar-refractivity contribution is 5.73. The number of carboxylic acid groups (broad SMARTS) is 1. The summed E-state index contributed by atoms with van der Waals surface area (Å²) in [5, 5.41) is 18.0. The van der Waals surface area contributed by atoms with Gasteiger partial charge in [0, 0.05) is 6.20 Å². The van der Waals surface area contributed by atoms with Crippen LogP contribution >= 0.6 is 0 Å². The summed E-state index contributed by atoms with van der Waals surface area (Å²) in [4.78, 5) is 27.5. The maximum Gasteiger partial charge on any atom is 0.326 e. The van der Waals surface area contributed by atoms with Crippen molar-refractivity contribution in [3.63, 3.8) is 0 Å². The second-order valence-corrected chi connectivity index (χ2v) is 4.15. The summed E-state index contributed by atoms with van der Waals surface area (Å²) in [7, 11) is 0. The Morgan fingerprint density at radius 2 is 2.15 bits per heavy atom. The fourth-order valence-corrected chi connectivity index (χ4v) is 1.86. The maximum atomic E-state index is 12.2. The standard InChI is InChI=1S/C14H11N3O3/c1-9(14(19)20)17-12(11-4-2-3-7-16-11)6-5-10(8-15)13(17)18/h2-7,9H,1H3,(H,19,20). The van der Waals surface area contributed by atoms with Gasteiger partial charge in [0.15, 0.2) is 0 Å². The van der Waals surface area contributed by atoms with E-state index in [1.165, 1.54) is 19.1 Å². The summed E-state index contributed by atoms with van der Waals surface area (Å²) >= 11 is 0. The number of aliphatic carboxylic acids is 1. The van der Waals surface area contributed by atoms with Crippen LogP contribution in [0.5, 0.6) is 0 Å². The van der Waals surface area contributed by atoms with Crippen LogP contribution in [0.25, 0.3) is 11.4 Å². The Morgan fingerprint density at radius 3 is 2.70 bits per heavy atom. The highest BCUT2D eigenvalue weighted by atomic mass is 16.4. The Labute approximate surface area is 114 Å². The maximum absolute atomic E-state index is 12.2. The first-order valence-electron chi connectivity index (χ1n) is 5.86. The number of carboxylic acids is 1. The van der Waals surface area contributed by atoms with Crippen molar-refractivity contribution in [2.45, 2.75) is 13.0 Å². The van der Waals surface area contributed by atoms with E-state index in [0.29, 0.717) is 11.4 Å². The molecule has 2 aromatic rings. The smallest absolute Gasteiger partial charge is 0.326 e. The second-order valence-electron chi connectivity index (χ2n) is 4.15. The normalized spacial score (nSPS) is 11.6. The van der Waals surface area contributed by atoms with Crippen LogP contribution in [-0.4, -0.2) is 20.6 Å². The quantitative estimate of drug-likeness (QED) is 0.909. The van der Waals surface area contributed by atoms with Gasteiger partial charge in [-0.25, -0.2) is 4.79 Å². The lowest BCUT2D eigenvalue weighted by Crippen LogP contribution is -2.30. The van der Waals surface area contributed by atoms with Gasteiger partial charge in [-0.1, -0.05) is 6.07 Å². The van der Waals surface area contributed by atoms with Crippen molar-refractivity contribution < 1.29 is 9.90 Å². The van der Waals surface area contributed by atoms with Crippen LogP contribution in [0.4, 0.5) is 0 Å². The Kier molecular flexibility index (Phi) is 3.62. The monoisotopic (exact) mass is 269 g/mol. The van der Waals surface area contributed by atoms with Gasteiger partial charge in [0.2, 0.25) is 0 Å². The number of hydrogen-bond acceptors (Lipinski definition) is 4. The molecular weight excluding hydrogens is 258 g/mol. The third kappa shape index (κ3) is 2.29. The molecule has 100 valence electrons. The van der Waals surface area contributed by atoms with Gasteiger partial charge < -0.3 is 5.11 Å². The molecule has 6 heteroatoms. The van der Waals surface area contributed by atoms with Crippen molar-refractivity contribution in [2.24, 2.45) is 0 Å². The van der Waals surface area contributed by atoms with Gasteiger partial charge in [0.05, 0.1) is 11.4 Å². The molecule has 0 aliphatic rings. The number of carbonyl (C=O) groups is 1. The van der Waals surface area contributed by atoms with E-state index < -0.39 is 17.6 Å². The molecule has 0 bridgehead atoms. The van der Waals surface area contributed by atoms with Gasteiger partial charge in [0.1, 0.15) is 17.7 Å². The van der Waals surface area contributed by atoms with Crippen LogP contribution in [0.1, 0.15) is 18.5 Å². The molecule has 6 nitrogen and oxygen atoms in total. The van der Waals surface area contributed by atoms with Gasteiger partial charge >= 0.3 is 5.97 Å². The molecule has 2 aromatic heterocycles. The van der Waals surface area contributed by atoms with Gasteiger partial charge in [-0.15, -0.1) is 0 Å². The molecule has 2 rings (SSSR count). The van der Waals surface area contributed by atoms with Crippen molar-refractivity contribution in [3.05, 3.63) is 52.4 Å². The Morgan fingerprint density at radius 1 is 1.40 bits per heavy atom. The minimum absolute atomic E-state index is 0.0993. The molecule has 0 saturated heterocycles. The predicted octanol–water partition coefficient (Wildman–Crippen LogP) is 1.43. The highest BCUT2D eigenvalue weighted by Gasteiger charge is 2.21. The summed E-state index contributed by atoms with van der Waals surface area (Å²) in [6, 6.07) is 8.70. The lowest BCUT2D eigenvalue weighted by molar-refractivity contribution is -0.140. The lowest BCUT2D eigenvalue weighted by Gasteiger charge is -2.16. The average Bonchev–Trinajstić information content (AvgIpc) is 2.47. The summed E-state index contributed by atoms with van der Waals surface area (Å²) < 4.78 is 1.07. The second kappa shape index (κ2) is 5.36. The molecule has 0 fully saturated rings. The lowest BCUT2D eigenvalue weighted by atomic mass is 10.1. The first kappa shape index (κ1) is 13.5. The minimum atomic E-state index is -1.15. The van der Waals surface area contributed by atoms with Gasteiger partial charge in [-0.3, -0.25) is 14.3 Å². The molecule has 1 N–H and O–H groups in total. The van der Waals surface area contributed by atoms with Gasteiger partial charge in [-0.05, 0) is 31.2 Å². The minimum Gasteiger partial charge on any atom is -0.480 e. The third-order valence-corrected chi connectivity index (χ3v) is 2.91. The zero-order valence-electron chi connectivity index (χ0n) is 10.6. The largest absolute Gasteiger partial charge is 0.480 e. The van der Waals surface area contributed by atoms with Crippen LogP contribution in [0.15, 0.2) is 41.3 Å². The van der Waals surface area contributed by atoms with Crippen molar-refractivity contribution in [1.29, 1.82) is 5.26 Å². The summed E-state index contributed by atoms with van der Waals surface area (Å²) in [6.07, 6.45) is 1.55. The van der Waals surface area contributed by atoms with Crippen molar-refractivity contribution in [2.75, 3.05) is 0 Å². The molecular formula is C14H11N3O3. The Balaban J connectivity index is 2.77. The zero-order chi connectivity index (χ0) is 14.7. The van der Waals surface area contributed by atoms with Crippen LogP contribution in [0, 0.1) is 11.3 Å².